The summed E-state index contributed by atoms with van der Waals surface area (Å²) in [6, 6.07) is 0. The Kier molecular flexibility index (Phi) is 5.39. The predicted molar refractivity (Wildman–Crippen MR) is 54.0 cm³/mol. The van der Waals surface area contributed by atoms with Crippen LogP contribution in [-0.2, 0) is 0 Å². The van der Waals surface area contributed by atoms with E-state index in [-0.39, 0.29) is 6.61 Å². The maximum absolute atomic E-state index is 8.97. The third-order valence-corrected chi connectivity index (χ3v) is 1.60. The monoisotopic (exact) mass is 166 g/mol. The molecule has 0 bridgehead atoms. The van der Waals surface area contributed by atoms with Gasteiger partial charge in [-0.3, -0.25) is 0 Å². The Hall–Kier alpha value is -0.820. The Labute approximate surface area is 75.1 Å². The fraction of sp³-hybridized carbons (Fsp3) is 0.455. The Bertz CT molecular complexity index is 209. The van der Waals surface area contributed by atoms with E-state index in [1.807, 2.05) is 19.1 Å². The van der Waals surface area contributed by atoms with Crippen LogP contribution in [-0.4, -0.2) is 11.7 Å². The molecule has 0 aliphatic heterocycles. The topological polar surface area (TPSA) is 20.2 Å². The van der Waals surface area contributed by atoms with Crippen molar-refractivity contribution in [2.45, 2.75) is 27.2 Å². The minimum atomic E-state index is 0.0875. The van der Waals surface area contributed by atoms with Gasteiger partial charge in [-0.05, 0) is 25.8 Å². The molecule has 0 aromatic carbocycles. The van der Waals surface area contributed by atoms with Gasteiger partial charge in [0.25, 0.3) is 0 Å². The molecule has 0 aromatic heterocycles. The van der Waals surface area contributed by atoms with Crippen LogP contribution in [0.2, 0.25) is 0 Å². The first-order valence-corrected chi connectivity index (χ1v) is 4.24. The highest BCUT2D eigenvalue weighted by molar-refractivity contribution is 5.29. The molecule has 0 amide bonds. The minimum absolute atomic E-state index is 0.0875. The van der Waals surface area contributed by atoms with Gasteiger partial charge in [0.2, 0.25) is 0 Å². The summed E-state index contributed by atoms with van der Waals surface area (Å²) in [6.45, 7) is 9.92. The molecule has 12 heavy (non-hydrogen) atoms. The number of aliphatic hydroxyl groups is 1. The quantitative estimate of drug-likeness (QED) is 0.637. The Morgan fingerprint density at radius 2 is 1.92 bits per heavy atom. The van der Waals surface area contributed by atoms with Crippen molar-refractivity contribution in [2.75, 3.05) is 6.61 Å². The SMILES string of the molecule is C=C(C)/C=C(\C=C(\C)CC)CO. The summed E-state index contributed by atoms with van der Waals surface area (Å²) >= 11 is 0. The van der Waals surface area contributed by atoms with Gasteiger partial charge in [0.05, 0.1) is 6.61 Å². The van der Waals surface area contributed by atoms with Gasteiger partial charge in [-0.25, -0.2) is 0 Å². The van der Waals surface area contributed by atoms with Crippen molar-refractivity contribution in [2.24, 2.45) is 0 Å². The van der Waals surface area contributed by atoms with Gasteiger partial charge in [0, 0.05) is 0 Å². The summed E-state index contributed by atoms with van der Waals surface area (Å²) in [5, 5.41) is 8.97. The van der Waals surface area contributed by atoms with E-state index in [0.29, 0.717) is 0 Å². The molecule has 0 rings (SSSR count). The van der Waals surface area contributed by atoms with Crippen LogP contribution in [0.1, 0.15) is 27.2 Å². The largest absolute Gasteiger partial charge is 0.392 e. The van der Waals surface area contributed by atoms with Crippen LogP contribution < -0.4 is 0 Å². The van der Waals surface area contributed by atoms with E-state index in [2.05, 4.69) is 20.4 Å². The minimum Gasteiger partial charge on any atom is -0.392 e. The highest BCUT2D eigenvalue weighted by Crippen LogP contribution is 2.07. The van der Waals surface area contributed by atoms with Gasteiger partial charge in [0.1, 0.15) is 0 Å². The van der Waals surface area contributed by atoms with Gasteiger partial charge >= 0.3 is 0 Å². The summed E-state index contributed by atoms with van der Waals surface area (Å²) in [4.78, 5) is 0. The first-order chi connectivity index (χ1) is 5.60. The van der Waals surface area contributed by atoms with E-state index < -0.39 is 0 Å². The molecular formula is C11H18O. The molecule has 1 heteroatoms. The molecule has 0 spiro atoms. The number of aliphatic hydroxyl groups excluding tert-OH is 1. The van der Waals surface area contributed by atoms with Crippen LogP contribution in [0.3, 0.4) is 0 Å². The van der Waals surface area contributed by atoms with Gasteiger partial charge in [-0.1, -0.05) is 36.8 Å². The molecule has 0 heterocycles. The zero-order valence-electron chi connectivity index (χ0n) is 8.22. The average Bonchev–Trinajstić information content (AvgIpc) is 2.02. The van der Waals surface area contributed by atoms with E-state index in [9.17, 15) is 0 Å². The van der Waals surface area contributed by atoms with Gasteiger partial charge < -0.3 is 5.11 Å². The van der Waals surface area contributed by atoms with E-state index >= 15 is 0 Å². The highest BCUT2D eigenvalue weighted by atomic mass is 16.3. The Balaban J connectivity index is 4.47. The van der Waals surface area contributed by atoms with Crippen molar-refractivity contribution in [3.8, 4) is 0 Å². The van der Waals surface area contributed by atoms with Crippen LogP contribution in [0.15, 0.2) is 35.5 Å². The zero-order valence-corrected chi connectivity index (χ0v) is 8.22. The fourth-order valence-electron chi connectivity index (χ4n) is 0.868. The first-order valence-electron chi connectivity index (χ1n) is 4.24. The number of rotatable bonds is 4. The Morgan fingerprint density at radius 1 is 1.33 bits per heavy atom. The fourth-order valence-corrected chi connectivity index (χ4v) is 0.868. The van der Waals surface area contributed by atoms with Gasteiger partial charge in [-0.2, -0.15) is 0 Å². The lowest BCUT2D eigenvalue weighted by atomic mass is 10.1. The van der Waals surface area contributed by atoms with Crippen molar-refractivity contribution in [1.82, 2.24) is 0 Å². The highest BCUT2D eigenvalue weighted by Gasteiger charge is 1.91. The second-order valence-corrected chi connectivity index (χ2v) is 3.07. The van der Waals surface area contributed by atoms with E-state index in [1.165, 1.54) is 5.57 Å². The van der Waals surface area contributed by atoms with Gasteiger partial charge in [0.15, 0.2) is 0 Å². The Morgan fingerprint density at radius 3 is 2.25 bits per heavy atom. The van der Waals surface area contributed by atoms with Crippen LogP contribution in [0, 0.1) is 0 Å². The molecule has 0 radical (unpaired) electrons. The molecule has 68 valence electrons. The number of hydrogen-bond acceptors (Lipinski definition) is 1. The van der Waals surface area contributed by atoms with Crippen molar-refractivity contribution in [1.29, 1.82) is 0 Å². The second kappa shape index (κ2) is 5.78. The lowest BCUT2D eigenvalue weighted by Crippen LogP contribution is -1.88. The van der Waals surface area contributed by atoms with Crippen molar-refractivity contribution < 1.29 is 5.11 Å². The standard InChI is InChI=1S/C11H18O/c1-5-10(4)7-11(8-12)6-9(2)3/h6-7,12H,2,5,8H2,1,3-4H3/b10-7-,11-6+. The van der Waals surface area contributed by atoms with Crippen LogP contribution in [0.25, 0.3) is 0 Å². The molecular weight excluding hydrogens is 148 g/mol. The lowest BCUT2D eigenvalue weighted by Gasteiger charge is -1.99. The van der Waals surface area contributed by atoms with Crippen LogP contribution in [0.5, 0.6) is 0 Å². The molecule has 0 saturated carbocycles. The summed E-state index contributed by atoms with van der Waals surface area (Å²) in [7, 11) is 0. The van der Waals surface area contributed by atoms with E-state index in [4.69, 9.17) is 5.11 Å². The second-order valence-electron chi connectivity index (χ2n) is 3.07. The maximum Gasteiger partial charge on any atom is 0.0681 e. The van der Waals surface area contributed by atoms with Crippen molar-refractivity contribution in [3.05, 3.63) is 35.5 Å². The molecule has 0 atom stereocenters. The van der Waals surface area contributed by atoms with Crippen LogP contribution in [0.4, 0.5) is 0 Å². The maximum atomic E-state index is 8.97. The molecule has 0 aliphatic rings. The molecule has 0 saturated heterocycles. The first kappa shape index (κ1) is 11.2. The molecule has 0 fully saturated rings. The zero-order chi connectivity index (χ0) is 9.56. The summed E-state index contributed by atoms with van der Waals surface area (Å²) in [5.74, 6) is 0. The average molecular weight is 166 g/mol. The van der Waals surface area contributed by atoms with Crippen LogP contribution >= 0.6 is 0 Å². The number of allylic oxidation sites excluding steroid dienone is 3. The molecule has 1 N–H and O–H groups in total. The normalized spacial score (nSPS) is 13.3. The summed E-state index contributed by atoms with van der Waals surface area (Å²) < 4.78 is 0. The lowest BCUT2D eigenvalue weighted by molar-refractivity contribution is 0.334. The molecule has 0 unspecified atom stereocenters. The van der Waals surface area contributed by atoms with Gasteiger partial charge in [-0.15, -0.1) is 0 Å². The smallest absolute Gasteiger partial charge is 0.0681 e. The summed E-state index contributed by atoms with van der Waals surface area (Å²) in [5.41, 5.74) is 3.18. The third-order valence-electron chi connectivity index (χ3n) is 1.60. The van der Waals surface area contributed by atoms with E-state index in [0.717, 1.165) is 17.6 Å². The van der Waals surface area contributed by atoms with Crippen molar-refractivity contribution in [3.63, 3.8) is 0 Å². The third kappa shape index (κ3) is 4.91. The molecule has 1 nitrogen and oxygen atoms in total. The predicted octanol–water partition coefficient (Wildman–Crippen LogP) is 2.84. The van der Waals surface area contributed by atoms with E-state index in [1.54, 1.807) is 0 Å². The number of hydrogen-bond donors (Lipinski definition) is 1. The molecule has 0 aliphatic carbocycles. The van der Waals surface area contributed by atoms with Crippen molar-refractivity contribution >= 4 is 0 Å². The summed E-state index contributed by atoms with van der Waals surface area (Å²) in [6.07, 6.45) is 4.93. The molecule has 0 aromatic rings.